The van der Waals surface area contributed by atoms with Crippen LogP contribution in [0.3, 0.4) is 0 Å². The van der Waals surface area contributed by atoms with Crippen molar-refractivity contribution in [3.05, 3.63) is 94.0 Å². The van der Waals surface area contributed by atoms with Crippen molar-refractivity contribution in [2.24, 2.45) is 4.99 Å². The summed E-state index contributed by atoms with van der Waals surface area (Å²) in [6.45, 7) is 11.7. The first-order valence-electron chi connectivity index (χ1n) is 11.6. The molecular formula is C29H31N5O2. The predicted octanol–water partition coefficient (Wildman–Crippen LogP) is 6.56. The number of ether oxygens (including phenoxy) is 1. The summed E-state index contributed by atoms with van der Waals surface area (Å²) in [6, 6.07) is 13.7. The average molecular weight is 482 g/mol. The lowest BCUT2D eigenvalue weighted by Crippen LogP contribution is -2.15. The smallest absolute Gasteiger partial charge is 0.245 e. The Morgan fingerprint density at radius 1 is 1.11 bits per heavy atom. The van der Waals surface area contributed by atoms with Crippen LogP contribution in [-0.2, 0) is 0 Å². The maximum atomic E-state index is 8.38. The Hall–Kier alpha value is -4.44. The first-order chi connectivity index (χ1) is 17.2. The minimum absolute atomic E-state index is 0.376. The first kappa shape index (κ1) is 26.2. The van der Waals surface area contributed by atoms with Crippen molar-refractivity contribution < 1.29 is 9.26 Å². The van der Waals surface area contributed by atoms with Crippen molar-refractivity contribution in [3.8, 4) is 22.9 Å². The number of aliphatic imine (C=N–C) groups is 1. The average Bonchev–Trinajstić information content (AvgIpc) is 3.36. The fourth-order valence-electron chi connectivity index (χ4n) is 3.92. The zero-order chi connectivity index (χ0) is 26.4. The molecule has 36 heavy (non-hydrogen) atoms. The van der Waals surface area contributed by atoms with Gasteiger partial charge in [-0.25, -0.2) is 4.99 Å². The van der Waals surface area contributed by atoms with E-state index < -0.39 is 0 Å². The van der Waals surface area contributed by atoms with Gasteiger partial charge in [-0.15, -0.1) is 0 Å². The molecule has 2 heterocycles. The normalized spacial score (nSPS) is 14.1. The van der Waals surface area contributed by atoms with E-state index in [1.165, 1.54) is 5.56 Å². The minimum atomic E-state index is 0.376. The van der Waals surface area contributed by atoms with Crippen LogP contribution in [0.15, 0.2) is 69.8 Å². The fourth-order valence-corrected chi connectivity index (χ4v) is 3.92. The molecule has 0 fully saturated rings. The number of nitrogens with zero attached hydrogens (tertiary/aromatic N) is 4. The van der Waals surface area contributed by atoms with Gasteiger partial charge in [-0.2, -0.15) is 5.26 Å². The second kappa shape index (κ2) is 11.3. The molecule has 0 spiro atoms. The number of nitrogens with one attached hydrogen (secondary N) is 1. The summed E-state index contributed by atoms with van der Waals surface area (Å²) in [4.78, 5) is 6.21. The Bertz CT molecular complexity index is 1360. The third-order valence-electron chi connectivity index (χ3n) is 5.68. The van der Waals surface area contributed by atoms with E-state index >= 15 is 0 Å². The Kier molecular flexibility index (Phi) is 8.23. The summed E-state index contributed by atoms with van der Waals surface area (Å²) in [5.41, 5.74) is 7.82. The molecule has 7 nitrogen and oxygen atoms in total. The van der Waals surface area contributed by atoms with Gasteiger partial charge in [0.1, 0.15) is 17.2 Å². The maximum absolute atomic E-state index is 8.38. The Labute approximate surface area is 212 Å². The molecule has 0 amide bonds. The van der Waals surface area contributed by atoms with Gasteiger partial charge in [0.25, 0.3) is 0 Å². The second-order valence-electron chi connectivity index (χ2n) is 8.60. The first-order valence-corrected chi connectivity index (χ1v) is 11.6. The van der Waals surface area contributed by atoms with E-state index in [-0.39, 0.29) is 0 Å². The molecule has 1 aliphatic rings. The predicted molar refractivity (Wildman–Crippen MR) is 143 cm³/mol. The summed E-state index contributed by atoms with van der Waals surface area (Å²) < 4.78 is 11.5. The molecule has 184 valence electrons. The lowest BCUT2D eigenvalue weighted by atomic mass is 9.98. The molecule has 0 radical (unpaired) electrons. The number of aromatic nitrogens is 1. The maximum Gasteiger partial charge on any atom is 0.245 e. The van der Waals surface area contributed by atoms with E-state index in [4.69, 9.17) is 19.9 Å². The SMILES string of the molecule is C/C=N/C(Oc1c(C)cc(-c2c(C)noc2C)cc1C)=C1\C(=N)C=CN1C.Cc1ccc(C#N)cc1. The van der Waals surface area contributed by atoms with E-state index in [2.05, 4.69) is 28.4 Å². The van der Waals surface area contributed by atoms with Gasteiger partial charge in [-0.1, -0.05) is 22.9 Å². The van der Waals surface area contributed by atoms with E-state index in [1.807, 2.05) is 84.0 Å². The highest BCUT2D eigenvalue weighted by atomic mass is 16.5. The molecule has 3 aromatic rings. The lowest BCUT2D eigenvalue weighted by Gasteiger charge is -2.18. The molecule has 0 saturated carbocycles. The molecule has 1 aromatic heterocycles. The summed E-state index contributed by atoms with van der Waals surface area (Å²) in [7, 11) is 1.88. The number of hydrogen-bond donors (Lipinski definition) is 1. The molecule has 7 heteroatoms. The molecule has 0 bridgehead atoms. The van der Waals surface area contributed by atoms with E-state index in [1.54, 1.807) is 12.3 Å². The van der Waals surface area contributed by atoms with Crippen LogP contribution in [0.2, 0.25) is 0 Å². The van der Waals surface area contributed by atoms with Crippen molar-refractivity contribution in [2.45, 2.75) is 41.5 Å². The van der Waals surface area contributed by atoms with Gasteiger partial charge in [0.2, 0.25) is 5.88 Å². The van der Waals surface area contributed by atoms with E-state index in [0.717, 1.165) is 45.0 Å². The van der Waals surface area contributed by atoms with Crippen LogP contribution >= 0.6 is 0 Å². The number of nitriles is 1. The zero-order valence-corrected chi connectivity index (χ0v) is 21.8. The zero-order valence-electron chi connectivity index (χ0n) is 21.8. The largest absolute Gasteiger partial charge is 0.436 e. The Balaban J connectivity index is 0.000000338. The molecule has 1 N–H and O–H groups in total. The second-order valence-corrected chi connectivity index (χ2v) is 8.60. The van der Waals surface area contributed by atoms with Crippen LogP contribution in [0.4, 0.5) is 0 Å². The molecule has 0 aliphatic carbocycles. The van der Waals surface area contributed by atoms with Crippen molar-refractivity contribution in [2.75, 3.05) is 7.05 Å². The van der Waals surface area contributed by atoms with Crippen LogP contribution in [0.25, 0.3) is 11.1 Å². The molecule has 0 atom stereocenters. The molecule has 0 unspecified atom stereocenters. The van der Waals surface area contributed by atoms with Gasteiger partial charge in [-0.3, -0.25) is 5.41 Å². The molecule has 0 saturated heterocycles. The van der Waals surface area contributed by atoms with Crippen LogP contribution in [-0.4, -0.2) is 29.0 Å². The molecular weight excluding hydrogens is 450 g/mol. The number of benzene rings is 2. The van der Waals surface area contributed by atoms with Gasteiger partial charge in [0.15, 0.2) is 0 Å². The highest BCUT2D eigenvalue weighted by Crippen LogP contribution is 2.35. The third-order valence-corrected chi connectivity index (χ3v) is 5.68. The summed E-state index contributed by atoms with van der Waals surface area (Å²) >= 11 is 0. The van der Waals surface area contributed by atoms with Gasteiger partial charge >= 0.3 is 0 Å². The standard InChI is InChI=1S/C21H24N4O2.C8H7N/c1-7-23-21(19-17(22)8-9-25(19)6)26-20-12(2)10-16(11-13(20)3)18-14(4)24-27-15(18)5;1-7-2-4-8(6-9)5-3-7/h7-11,22H,1-6H3;2-5H,1H3/b21-19-,22-17?,23-7+;. The monoisotopic (exact) mass is 481 g/mol. The van der Waals surface area contributed by atoms with Crippen molar-refractivity contribution in [3.63, 3.8) is 0 Å². The summed E-state index contributed by atoms with van der Waals surface area (Å²) in [5.74, 6) is 1.95. The van der Waals surface area contributed by atoms with Crippen molar-refractivity contribution in [1.29, 1.82) is 10.7 Å². The number of rotatable bonds is 4. The Morgan fingerprint density at radius 3 is 2.22 bits per heavy atom. The number of allylic oxidation sites excluding steroid dienone is 1. The summed E-state index contributed by atoms with van der Waals surface area (Å²) in [5, 5.41) is 20.6. The highest BCUT2D eigenvalue weighted by Gasteiger charge is 2.22. The van der Waals surface area contributed by atoms with Gasteiger partial charge in [-0.05, 0) is 88.6 Å². The van der Waals surface area contributed by atoms with Crippen molar-refractivity contribution >= 4 is 11.9 Å². The minimum Gasteiger partial charge on any atom is -0.436 e. The molecule has 1 aliphatic heterocycles. The molecule has 2 aromatic carbocycles. The quantitative estimate of drug-likeness (QED) is 0.336. The van der Waals surface area contributed by atoms with Crippen LogP contribution < -0.4 is 4.74 Å². The Morgan fingerprint density at radius 2 is 1.75 bits per heavy atom. The van der Waals surface area contributed by atoms with Gasteiger partial charge in [0, 0.05) is 25.0 Å². The fraction of sp³-hybridized carbons (Fsp3) is 0.241. The number of aryl methyl sites for hydroxylation is 5. The third kappa shape index (κ3) is 5.78. The van der Waals surface area contributed by atoms with Crippen LogP contribution in [0, 0.1) is 51.4 Å². The van der Waals surface area contributed by atoms with Gasteiger partial charge in [0.05, 0.1) is 23.0 Å². The topological polar surface area (TPSA) is 98.5 Å². The highest BCUT2D eigenvalue weighted by molar-refractivity contribution is 6.08. The number of hydrogen-bond acceptors (Lipinski definition) is 7. The van der Waals surface area contributed by atoms with Crippen LogP contribution in [0.1, 0.15) is 40.6 Å². The van der Waals surface area contributed by atoms with E-state index in [9.17, 15) is 0 Å². The van der Waals surface area contributed by atoms with Crippen LogP contribution in [0.5, 0.6) is 5.75 Å². The van der Waals surface area contributed by atoms with Gasteiger partial charge < -0.3 is 14.2 Å². The summed E-state index contributed by atoms with van der Waals surface area (Å²) in [6.07, 6.45) is 5.22. The van der Waals surface area contributed by atoms with E-state index in [0.29, 0.717) is 17.3 Å². The molecule has 4 rings (SSSR count). The van der Waals surface area contributed by atoms with Crippen molar-refractivity contribution in [1.82, 2.24) is 10.1 Å². The lowest BCUT2D eigenvalue weighted by molar-refractivity contribution is 0.393.